The highest BCUT2D eigenvalue weighted by molar-refractivity contribution is 6.17. The maximum Gasteiger partial charge on any atom is 0.0647 e. The van der Waals surface area contributed by atoms with Crippen LogP contribution in [0, 0.1) is 0 Å². The molecular formula is C19H31ClO. The highest BCUT2D eigenvalue weighted by Gasteiger charge is 1.84. The lowest BCUT2D eigenvalue weighted by Crippen LogP contribution is -1.91. The van der Waals surface area contributed by atoms with Gasteiger partial charge in [-0.05, 0) is 44.3 Å². The van der Waals surface area contributed by atoms with Crippen LogP contribution in [0.3, 0.4) is 0 Å². The van der Waals surface area contributed by atoms with Crippen molar-refractivity contribution in [1.29, 1.82) is 0 Å². The topological polar surface area (TPSA) is 9.23 Å². The van der Waals surface area contributed by atoms with Crippen LogP contribution in [-0.2, 0) is 4.74 Å². The van der Waals surface area contributed by atoms with Gasteiger partial charge in [0.2, 0.25) is 0 Å². The standard InChI is InChI=1S/C19H31ClO/c1-2-3-4-5-6-7-8-9-12-15-18-21-19-16-13-10-11-14-17-20/h7-8,11-13,15H,2-6,9,14,16-19H2,1H3. The zero-order valence-electron chi connectivity index (χ0n) is 13.5. The van der Waals surface area contributed by atoms with Gasteiger partial charge < -0.3 is 4.74 Å². The number of allylic oxidation sites excluding steroid dienone is 3. The Morgan fingerprint density at radius 3 is 2.52 bits per heavy atom. The summed E-state index contributed by atoms with van der Waals surface area (Å²) < 4.78 is 5.49. The van der Waals surface area contributed by atoms with E-state index < -0.39 is 0 Å². The van der Waals surface area contributed by atoms with Crippen LogP contribution in [-0.4, -0.2) is 19.1 Å². The monoisotopic (exact) mass is 310 g/mol. The van der Waals surface area contributed by atoms with E-state index in [9.17, 15) is 0 Å². The minimum atomic E-state index is 0.662. The molecule has 21 heavy (non-hydrogen) atoms. The molecule has 0 bridgehead atoms. The molecule has 2 heteroatoms. The van der Waals surface area contributed by atoms with Gasteiger partial charge in [-0.2, -0.15) is 0 Å². The molecule has 0 N–H and O–H groups in total. The Morgan fingerprint density at radius 1 is 0.905 bits per heavy atom. The maximum absolute atomic E-state index is 5.55. The lowest BCUT2D eigenvalue weighted by Gasteiger charge is -1.96. The summed E-state index contributed by atoms with van der Waals surface area (Å²) in [7, 11) is 0. The van der Waals surface area contributed by atoms with Gasteiger partial charge in [0.1, 0.15) is 0 Å². The molecule has 0 aliphatic heterocycles. The van der Waals surface area contributed by atoms with Crippen molar-refractivity contribution in [1.82, 2.24) is 0 Å². The van der Waals surface area contributed by atoms with Gasteiger partial charge in [-0.3, -0.25) is 0 Å². The predicted octanol–water partition coefficient (Wildman–Crippen LogP) is 6.21. The van der Waals surface area contributed by atoms with Gasteiger partial charge in [0, 0.05) is 5.88 Å². The molecule has 0 saturated heterocycles. The third-order valence-electron chi connectivity index (χ3n) is 2.94. The fourth-order valence-electron chi connectivity index (χ4n) is 1.74. The van der Waals surface area contributed by atoms with Crippen LogP contribution in [0.5, 0.6) is 0 Å². The van der Waals surface area contributed by atoms with Crippen LogP contribution in [0.15, 0.2) is 42.2 Å². The highest BCUT2D eigenvalue weighted by atomic mass is 35.5. The first-order valence-corrected chi connectivity index (χ1v) is 8.78. The van der Waals surface area contributed by atoms with E-state index in [1.807, 2.05) is 12.2 Å². The van der Waals surface area contributed by atoms with Gasteiger partial charge in [-0.15, -0.1) is 17.3 Å². The Bertz CT molecular complexity index is 312. The van der Waals surface area contributed by atoms with Gasteiger partial charge in [0.15, 0.2) is 0 Å². The Labute approximate surface area is 136 Å². The summed E-state index contributed by atoms with van der Waals surface area (Å²) in [6.07, 6.45) is 22.1. The first kappa shape index (κ1) is 20.2. The number of rotatable bonds is 14. The van der Waals surface area contributed by atoms with Crippen molar-refractivity contribution in [2.24, 2.45) is 0 Å². The minimum Gasteiger partial charge on any atom is -0.377 e. The fraction of sp³-hybridized carbons (Fsp3) is 0.632. The van der Waals surface area contributed by atoms with E-state index in [2.05, 4.69) is 37.0 Å². The molecule has 1 nitrogen and oxygen atoms in total. The van der Waals surface area contributed by atoms with E-state index in [1.54, 1.807) is 0 Å². The number of halogens is 1. The summed E-state index contributed by atoms with van der Waals surface area (Å²) in [6.45, 7) is 3.69. The van der Waals surface area contributed by atoms with E-state index in [1.165, 1.54) is 32.1 Å². The largest absolute Gasteiger partial charge is 0.377 e. The van der Waals surface area contributed by atoms with Crippen LogP contribution in [0.4, 0.5) is 0 Å². The Hall–Kier alpha value is -0.750. The van der Waals surface area contributed by atoms with Gasteiger partial charge >= 0.3 is 0 Å². The van der Waals surface area contributed by atoms with Crippen LogP contribution in [0.25, 0.3) is 0 Å². The Balaban J connectivity index is 3.29. The van der Waals surface area contributed by atoms with Gasteiger partial charge in [0.25, 0.3) is 0 Å². The predicted molar refractivity (Wildman–Crippen MR) is 95.1 cm³/mol. The van der Waals surface area contributed by atoms with Crippen molar-refractivity contribution in [3.05, 3.63) is 42.2 Å². The minimum absolute atomic E-state index is 0.662. The van der Waals surface area contributed by atoms with E-state index in [-0.39, 0.29) is 0 Å². The molecular weight excluding hydrogens is 280 g/mol. The number of ether oxygens (including phenoxy) is 1. The number of hydrogen-bond donors (Lipinski definition) is 0. The molecule has 0 amide bonds. The lowest BCUT2D eigenvalue weighted by atomic mass is 10.1. The third kappa shape index (κ3) is 19.2. The van der Waals surface area contributed by atoms with Crippen LogP contribution < -0.4 is 0 Å². The summed E-state index contributed by atoms with van der Waals surface area (Å²) in [5, 5.41) is 0. The van der Waals surface area contributed by atoms with Gasteiger partial charge in [-0.25, -0.2) is 0 Å². The Morgan fingerprint density at radius 2 is 1.71 bits per heavy atom. The second-order valence-electron chi connectivity index (χ2n) is 4.94. The molecule has 0 spiro atoms. The van der Waals surface area contributed by atoms with Crippen molar-refractivity contribution in [3.63, 3.8) is 0 Å². The zero-order chi connectivity index (χ0) is 15.4. The van der Waals surface area contributed by atoms with Crippen LogP contribution in [0.1, 0.15) is 58.3 Å². The normalized spacial score (nSPS) is 11.1. The summed E-state index contributed by atoms with van der Waals surface area (Å²) >= 11 is 5.55. The smallest absolute Gasteiger partial charge is 0.0647 e. The summed E-state index contributed by atoms with van der Waals surface area (Å²) in [4.78, 5) is 0. The first-order valence-electron chi connectivity index (χ1n) is 8.25. The van der Waals surface area contributed by atoms with Gasteiger partial charge in [0.05, 0.1) is 13.2 Å². The molecule has 0 radical (unpaired) electrons. The average Bonchev–Trinajstić information content (AvgIpc) is 2.50. The molecule has 0 saturated carbocycles. The fourth-order valence-corrected chi connectivity index (χ4v) is 1.85. The number of unbranched alkanes of at least 4 members (excludes halogenated alkanes) is 4. The second-order valence-corrected chi connectivity index (χ2v) is 5.32. The van der Waals surface area contributed by atoms with E-state index in [4.69, 9.17) is 16.3 Å². The molecule has 0 unspecified atom stereocenters. The van der Waals surface area contributed by atoms with Crippen molar-refractivity contribution in [2.75, 3.05) is 19.1 Å². The van der Waals surface area contributed by atoms with Crippen molar-refractivity contribution in [2.45, 2.75) is 58.3 Å². The number of alkyl halides is 1. The molecule has 0 aromatic heterocycles. The molecule has 0 atom stereocenters. The quantitative estimate of drug-likeness (QED) is 0.160. The average molecular weight is 311 g/mol. The molecule has 120 valence electrons. The Kier molecular flexibility index (Phi) is 18.6. The molecule has 0 aliphatic carbocycles. The lowest BCUT2D eigenvalue weighted by molar-refractivity contribution is 0.167. The van der Waals surface area contributed by atoms with E-state index in [0.29, 0.717) is 12.5 Å². The molecule has 0 heterocycles. The molecule has 0 aliphatic rings. The van der Waals surface area contributed by atoms with Crippen LogP contribution >= 0.6 is 11.6 Å². The van der Waals surface area contributed by atoms with Crippen molar-refractivity contribution in [3.8, 4) is 0 Å². The summed E-state index contributed by atoms with van der Waals surface area (Å²) in [5.41, 5.74) is 3.09. The van der Waals surface area contributed by atoms with E-state index >= 15 is 0 Å². The molecule has 0 aromatic rings. The van der Waals surface area contributed by atoms with E-state index in [0.717, 1.165) is 25.9 Å². The summed E-state index contributed by atoms with van der Waals surface area (Å²) in [5.74, 6) is 0.662. The molecule has 0 fully saturated rings. The summed E-state index contributed by atoms with van der Waals surface area (Å²) in [6, 6.07) is 0. The molecule has 0 aromatic carbocycles. The number of hydrogen-bond acceptors (Lipinski definition) is 1. The maximum atomic E-state index is 5.55. The van der Waals surface area contributed by atoms with Crippen molar-refractivity contribution < 1.29 is 4.74 Å². The second kappa shape index (κ2) is 19.2. The first-order chi connectivity index (χ1) is 10.4. The highest BCUT2D eigenvalue weighted by Crippen LogP contribution is 2.03. The molecule has 0 rings (SSSR count). The van der Waals surface area contributed by atoms with Gasteiger partial charge in [-0.1, -0.05) is 50.5 Å². The SMILES string of the molecule is CCCCCCC=CCC=CCOCCC=C=CCCCl. The third-order valence-corrected chi connectivity index (χ3v) is 3.16. The zero-order valence-corrected chi connectivity index (χ0v) is 14.3. The van der Waals surface area contributed by atoms with Crippen LogP contribution in [0.2, 0.25) is 0 Å². The van der Waals surface area contributed by atoms with Crippen molar-refractivity contribution >= 4 is 11.6 Å².